The molecule has 2 rings (SSSR count). The van der Waals surface area contributed by atoms with E-state index in [0.717, 1.165) is 18.2 Å². The summed E-state index contributed by atoms with van der Waals surface area (Å²) >= 11 is 0. The van der Waals surface area contributed by atoms with Crippen molar-refractivity contribution in [3.8, 4) is 0 Å². The molecule has 1 heterocycles. The molecule has 0 aliphatic heterocycles. The Labute approximate surface area is 107 Å². The van der Waals surface area contributed by atoms with Crippen LogP contribution in [0.4, 0.5) is 15.8 Å². The lowest BCUT2D eigenvalue weighted by Gasteiger charge is -2.06. The molecule has 1 aromatic carbocycles. The number of aryl methyl sites for hydroxylation is 1. The van der Waals surface area contributed by atoms with E-state index in [1.54, 1.807) is 29.9 Å². The third-order valence-corrected chi connectivity index (χ3v) is 2.58. The molecule has 0 radical (unpaired) electrons. The van der Waals surface area contributed by atoms with Crippen LogP contribution in [-0.2, 0) is 7.05 Å². The molecule has 0 unspecified atom stereocenters. The smallest absolute Gasteiger partial charge is 0.292 e. The van der Waals surface area contributed by atoms with Crippen LogP contribution in [0.5, 0.6) is 0 Å². The second-order valence-corrected chi connectivity index (χ2v) is 3.88. The lowest BCUT2D eigenvalue weighted by atomic mass is 10.2. The van der Waals surface area contributed by atoms with Crippen molar-refractivity contribution in [2.45, 2.75) is 0 Å². The molecule has 98 valence electrons. The van der Waals surface area contributed by atoms with Gasteiger partial charge in [-0.2, -0.15) is 0 Å². The number of carbonyl (C=O) groups excluding carboxylic acids is 1. The molecule has 19 heavy (non-hydrogen) atoms. The lowest BCUT2D eigenvalue weighted by molar-refractivity contribution is -0.384. The summed E-state index contributed by atoms with van der Waals surface area (Å²) < 4.78 is 14.7. The van der Waals surface area contributed by atoms with Crippen molar-refractivity contribution >= 4 is 17.3 Å². The van der Waals surface area contributed by atoms with Crippen LogP contribution >= 0.6 is 0 Å². The number of nitro groups is 1. The van der Waals surface area contributed by atoms with Crippen LogP contribution in [0.2, 0.25) is 0 Å². The lowest BCUT2D eigenvalue weighted by Crippen LogP contribution is -2.16. The van der Waals surface area contributed by atoms with Gasteiger partial charge in [-0.3, -0.25) is 14.9 Å². The summed E-state index contributed by atoms with van der Waals surface area (Å²) in [6, 6.07) is 6.11. The van der Waals surface area contributed by atoms with Crippen LogP contribution in [0, 0.1) is 15.9 Å². The van der Waals surface area contributed by atoms with Crippen LogP contribution in [0.1, 0.15) is 10.5 Å². The number of nitrogens with zero attached hydrogens (tertiary/aromatic N) is 2. The Balaban J connectivity index is 2.33. The van der Waals surface area contributed by atoms with E-state index in [2.05, 4.69) is 5.32 Å². The second-order valence-electron chi connectivity index (χ2n) is 3.88. The molecule has 0 bridgehead atoms. The predicted octanol–water partition coefficient (Wildman–Crippen LogP) is 2.32. The van der Waals surface area contributed by atoms with Crippen LogP contribution in [-0.4, -0.2) is 15.4 Å². The molecule has 6 nitrogen and oxygen atoms in total. The van der Waals surface area contributed by atoms with E-state index < -0.39 is 16.6 Å². The molecule has 1 amide bonds. The average Bonchev–Trinajstić information content (AvgIpc) is 2.75. The topological polar surface area (TPSA) is 77.2 Å². The summed E-state index contributed by atoms with van der Waals surface area (Å²) in [5, 5.41) is 13.1. The van der Waals surface area contributed by atoms with Crippen LogP contribution < -0.4 is 5.32 Å². The molecule has 1 N–H and O–H groups in total. The monoisotopic (exact) mass is 263 g/mol. The average molecular weight is 263 g/mol. The number of rotatable bonds is 3. The molecule has 7 heteroatoms. The third kappa shape index (κ3) is 2.59. The maximum atomic E-state index is 13.1. The number of anilines is 1. The Morgan fingerprint density at radius 1 is 1.42 bits per heavy atom. The minimum atomic E-state index is -0.681. The molecule has 0 saturated carbocycles. The predicted molar refractivity (Wildman–Crippen MR) is 66.4 cm³/mol. The molecular formula is C12H10FN3O3. The van der Waals surface area contributed by atoms with Crippen molar-refractivity contribution in [2.75, 3.05) is 5.32 Å². The Hall–Kier alpha value is -2.70. The number of nitrogens with one attached hydrogen (secondary N) is 1. The second kappa shape index (κ2) is 4.89. The molecule has 0 aliphatic carbocycles. The van der Waals surface area contributed by atoms with Crippen LogP contribution in [0.25, 0.3) is 0 Å². The molecule has 0 saturated heterocycles. The van der Waals surface area contributed by atoms with Crippen molar-refractivity contribution in [1.29, 1.82) is 0 Å². The highest BCUT2D eigenvalue weighted by Gasteiger charge is 2.18. The van der Waals surface area contributed by atoms with Gasteiger partial charge in [0.25, 0.3) is 11.6 Å². The summed E-state index contributed by atoms with van der Waals surface area (Å²) in [7, 11) is 1.66. The van der Waals surface area contributed by atoms with Gasteiger partial charge in [0.05, 0.1) is 4.92 Å². The fourth-order valence-corrected chi connectivity index (χ4v) is 1.65. The minimum absolute atomic E-state index is 0.170. The summed E-state index contributed by atoms with van der Waals surface area (Å²) in [5.74, 6) is -1.20. The maximum absolute atomic E-state index is 13.1. The van der Waals surface area contributed by atoms with E-state index in [9.17, 15) is 19.3 Å². The zero-order chi connectivity index (χ0) is 14.0. The number of aromatic nitrogens is 1. The van der Waals surface area contributed by atoms with E-state index in [-0.39, 0.29) is 11.4 Å². The molecule has 0 atom stereocenters. The van der Waals surface area contributed by atoms with Gasteiger partial charge in [-0.1, -0.05) is 0 Å². The Bertz CT molecular complexity index is 651. The third-order valence-electron chi connectivity index (χ3n) is 2.58. The number of hydrogen-bond donors (Lipinski definition) is 1. The fraction of sp³-hybridized carbons (Fsp3) is 0.0833. The van der Waals surface area contributed by atoms with E-state index in [4.69, 9.17) is 0 Å². The maximum Gasteiger partial charge on any atom is 0.292 e. The van der Waals surface area contributed by atoms with Crippen molar-refractivity contribution < 1.29 is 14.1 Å². The first-order chi connectivity index (χ1) is 8.99. The number of benzene rings is 1. The summed E-state index contributed by atoms with van der Waals surface area (Å²) in [4.78, 5) is 22.0. The summed E-state index contributed by atoms with van der Waals surface area (Å²) in [5.41, 5.74) is -0.210. The van der Waals surface area contributed by atoms with Crippen molar-refractivity contribution in [3.63, 3.8) is 0 Å². The van der Waals surface area contributed by atoms with Gasteiger partial charge in [0.2, 0.25) is 0 Å². The zero-order valence-electron chi connectivity index (χ0n) is 9.96. The van der Waals surface area contributed by atoms with Crippen LogP contribution in [0.15, 0.2) is 36.5 Å². The number of hydrogen-bond acceptors (Lipinski definition) is 3. The molecule has 1 aromatic heterocycles. The Kier molecular flexibility index (Phi) is 3.28. The highest BCUT2D eigenvalue weighted by atomic mass is 19.1. The molecule has 2 aromatic rings. The first-order valence-corrected chi connectivity index (χ1v) is 5.35. The van der Waals surface area contributed by atoms with Gasteiger partial charge in [0, 0.05) is 25.4 Å². The van der Waals surface area contributed by atoms with Gasteiger partial charge in [0.1, 0.15) is 17.2 Å². The minimum Gasteiger partial charge on any atom is -0.347 e. The molecule has 0 aliphatic rings. The quantitative estimate of drug-likeness (QED) is 0.682. The Morgan fingerprint density at radius 3 is 2.74 bits per heavy atom. The van der Waals surface area contributed by atoms with Gasteiger partial charge in [0.15, 0.2) is 0 Å². The van der Waals surface area contributed by atoms with Gasteiger partial charge in [-0.05, 0) is 18.2 Å². The van der Waals surface area contributed by atoms with Gasteiger partial charge in [-0.25, -0.2) is 4.39 Å². The highest BCUT2D eigenvalue weighted by molar-refractivity contribution is 6.04. The molecule has 0 fully saturated rings. The highest BCUT2D eigenvalue weighted by Crippen LogP contribution is 2.25. The molecule has 0 spiro atoms. The number of amides is 1. The summed E-state index contributed by atoms with van der Waals surface area (Å²) in [6.45, 7) is 0. The van der Waals surface area contributed by atoms with Crippen molar-refractivity contribution in [2.24, 2.45) is 7.05 Å². The number of carbonyl (C=O) groups is 1. The molecular weight excluding hydrogens is 253 g/mol. The van der Waals surface area contributed by atoms with Gasteiger partial charge >= 0.3 is 0 Å². The number of halogens is 1. The normalized spacial score (nSPS) is 10.2. The fourth-order valence-electron chi connectivity index (χ4n) is 1.65. The van der Waals surface area contributed by atoms with E-state index in [1.165, 1.54) is 0 Å². The summed E-state index contributed by atoms with van der Waals surface area (Å²) in [6.07, 6.45) is 1.66. The first kappa shape index (κ1) is 12.7. The first-order valence-electron chi connectivity index (χ1n) is 5.35. The SMILES string of the molecule is Cn1cccc1C(=O)Nc1cc(F)ccc1[N+](=O)[O-]. The standard InChI is InChI=1S/C12H10FN3O3/c1-15-6-2-3-11(15)12(17)14-9-7-8(13)4-5-10(9)16(18)19/h2-7H,1H3,(H,14,17). The zero-order valence-corrected chi connectivity index (χ0v) is 9.96. The van der Waals surface area contributed by atoms with Gasteiger partial charge in [-0.15, -0.1) is 0 Å². The Morgan fingerprint density at radius 2 is 2.16 bits per heavy atom. The van der Waals surface area contributed by atoms with E-state index in [0.29, 0.717) is 5.69 Å². The van der Waals surface area contributed by atoms with Crippen molar-refractivity contribution in [3.05, 3.63) is 58.2 Å². The van der Waals surface area contributed by atoms with E-state index >= 15 is 0 Å². The van der Waals surface area contributed by atoms with E-state index in [1.807, 2.05) is 0 Å². The largest absolute Gasteiger partial charge is 0.347 e. The number of nitro benzene ring substituents is 1. The van der Waals surface area contributed by atoms with Crippen LogP contribution in [0.3, 0.4) is 0 Å². The van der Waals surface area contributed by atoms with Gasteiger partial charge < -0.3 is 9.88 Å². The van der Waals surface area contributed by atoms with Crippen molar-refractivity contribution in [1.82, 2.24) is 4.57 Å².